The number of nitrogens with zero attached hydrogens (tertiary/aromatic N) is 1. The number of amides is 3. The topological polar surface area (TPSA) is 49.4 Å². The largest absolute Gasteiger partial charge is 0.325 e. The minimum Gasteiger partial charge on any atom is -0.323 e. The molecule has 100 valence electrons. The van der Waals surface area contributed by atoms with Crippen molar-refractivity contribution in [2.75, 3.05) is 12.4 Å². The first-order chi connectivity index (χ1) is 8.59. The summed E-state index contributed by atoms with van der Waals surface area (Å²) in [4.78, 5) is 25.5. The highest BCUT2D eigenvalue weighted by molar-refractivity contribution is 6.18. The van der Waals surface area contributed by atoms with E-state index >= 15 is 0 Å². The lowest BCUT2D eigenvalue weighted by Gasteiger charge is -2.33. The number of rotatable bonds is 3. The van der Waals surface area contributed by atoms with Crippen LogP contribution in [0.3, 0.4) is 0 Å². The highest BCUT2D eigenvalue weighted by atomic mass is 35.5. The highest BCUT2D eigenvalue weighted by Crippen LogP contribution is 2.36. The third-order valence-corrected chi connectivity index (χ3v) is 4.10. The van der Waals surface area contributed by atoms with Gasteiger partial charge in [0.05, 0.1) is 0 Å². The summed E-state index contributed by atoms with van der Waals surface area (Å²) in [5.74, 6) is 0.968. The van der Waals surface area contributed by atoms with E-state index in [2.05, 4.69) is 12.2 Å². The van der Waals surface area contributed by atoms with Crippen LogP contribution in [-0.4, -0.2) is 34.8 Å². The molecule has 0 unspecified atom stereocenters. The smallest absolute Gasteiger partial charge is 0.323 e. The average molecular weight is 271 g/mol. The van der Waals surface area contributed by atoms with E-state index in [9.17, 15) is 9.59 Å². The number of hydrogen-bond donors (Lipinski definition) is 1. The van der Waals surface area contributed by atoms with E-state index in [0.717, 1.165) is 25.7 Å². The van der Waals surface area contributed by atoms with Gasteiger partial charge in [0.15, 0.2) is 0 Å². The van der Waals surface area contributed by atoms with Crippen LogP contribution in [0.1, 0.15) is 32.6 Å². The van der Waals surface area contributed by atoms with E-state index in [4.69, 9.17) is 11.6 Å². The lowest BCUT2D eigenvalue weighted by Crippen LogP contribution is -2.49. The molecule has 5 heteroatoms. The second-order valence-corrected chi connectivity index (χ2v) is 5.54. The van der Waals surface area contributed by atoms with Crippen molar-refractivity contribution in [2.24, 2.45) is 5.92 Å². The molecule has 2 fully saturated rings. The molecule has 0 aromatic rings. The third-order valence-electron chi connectivity index (χ3n) is 3.92. The third kappa shape index (κ3) is 2.39. The van der Waals surface area contributed by atoms with Crippen molar-refractivity contribution in [1.82, 2.24) is 10.2 Å². The quantitative estimate of drug-likeness (QED) is 0.486. The molecule has 0 atom stereocenters. The van der Waals surface area contributed by atoms with Gasteiger partial charge in [-0.15, -0.1) is 11.6 Å². The number of urea groups is 1. The molecule has 1 saturated carbocycles. The predicted octanol–water partition coefficient (Wildman–Crippen LogP) is 2.28. The summed E-state index contributed by atoms with van der Waals surface area (Å²) in [6.45, 7) is 2.50. The normalized spacial score (nSPS) is 32.6. The van der Waals surface area contributed by atoms with Crippen molar-refractivity contribution < 1.29 is 9.59 Å². The Morgan fingerprint density at radius 1 is 1.39 bits per heavy atom. The Bertz CT molecular complexity index is 373. The summed E-state index contributed by atoms with van der Waals surface area (Å²) >= 11 is 5.53. The number of carbonyl (C=O) groups excluding carboxylic acids is 2. The van der Waals surface area contributed by atoms with Gasteiger partial charge in [-0.2, -0.15) is 0 Å². The standard InChI is InChI=1S/C13H19ClN2O2/c1-10-4-6-13(7-5-10)11(17)16(12(18)15-13)9-3-2-8-14/h2-3,10H,4-9H2,1H3,(H,15,18). The van der Waals surface area contributed by atoms with Gasteiger partial charge >= 0.3 is 6.03 Å². The number of halogens is 1. The minimum atomic E-state index is -0.627. The zero-order valence-electron chi connectivity index (χ0n) is 10.6. The van der Waals surface area contributed by atoms with E-state index in [-0.39, 0.29) is 11.9 Å². The summed E-state index contributed by atoms with van der Waals surface area (Å²) in [7, 11) is 0. The zero-order chi connectivity index (χ0) is 13.2. The molecule has 2 rings (SSSR count). The monoisotopic (exact) mass is 270 g/mol. The van der Waals surface area contributed by atoms with Crippen LogP contribution in [0.4, 0.5) is 4.79 Å². The van der Waals surface area contributed by atoms with E-state index in [1.165, 1.54) is 4.90 Å². The first-order valence-electron chi connectivity index (χ1n) is 6.44. The fourth-order valence-corrected chi connectivity index (χ4v) is 2.80. The molecule has 1 saturated heterocycles. The molecule has 0 radical (unpaired) electrons. The lowest BCUT2D eigenvalue weighted by atomic mass is 9.77. The molecule has 0 bridgehead atoms. The van der Waals surface area contributed by atoms with Gasteiger partial charge in [-0.1, -0.05) is 19.1 Å². The Labute approximate surface area is 112 Å². The Balaban J connectivity index is 2.06. The van der Waals surface area contributed by atoms with Gasteiger partial charge in [0.25, 0.3) is 5.91 Å². The number of hydrogen-bond acceptors (Lipinski definition) is 2. The number of imide groups is 1. The summed E-state index contributed by atoms with van der Waals surface area (Å²) in [5.41, 5.74) is -0.627. The van der Waals surface area contributed by atoms with Gasteiger partial charge in [0.1, 0.15) is 5.54 Å². The van der Waals surface area contributed by atoms with Crippen molar-refractivity contribution in [2.45, 2.75) is 38.1 Å². The van der Waals surface area contributed by atoms with Crippen LogP contribution >= 0.6 is 11.6 Å². The average Bonchev–Trinajstić information content (AvgIpc) is 2.58. The van der Waals surface area contributed by atoms with Crippen molar-refractivity contribution >= 4 is 23.5 Å². The van der Waals surface area contributed by atoms with E-state index in [1.807, 2.05) is 0 Å². The number of allylic oxidation sites excluding steroid dienone is 1. The van der Waals surface area contributed by atoms with Crippen molar-refractivity contribution in [3.8, 4) is 0 Å². The molecule has 1 aliphatic carbocycles. The number of nitrogens with one attached hydrogen (secondary N) is 1. The predicted molar refractivity (Wildman–Crippen MR) is 70.5 cm³/mol. The molecule has 1 spiro atoms. The van der Waals surface area contributed by atoms with Crippen LogP contribution in [-0.2, 0) is 4.79 Å². The van der Waals surface area contributed by atoms with Crippen LogP contribution in [0.15, 0.2) is 12.2 Å². The van der Waals surface area contributed by atoms with Crippen molar-refractivity contribution in [1.29, 1.82) is 0 Å². The molecule has 4 nitrogen and oxygen atoms in total. The first-order valence-corrected chi connectivity index (χ1v) is 6.97. The van der Waals surface area contributed by atoms with E-state index in [0.29, 0.717) is 18.3 Å². The van der Waals surface area contributed by atoms with Gasteiger partial charge in [-0.05, 0) is 31.6 Å². The van der Waals surface area contributed by atoms with Crippen molar-refractivity contribution in [3.63, 3.8) is 0 Å². The maximum atomic E-state index is 12.4. The maximum absolute atomic E-state index is 12.4. The van der Waals surface area contributed by atoms with Gasteiger partial charge in [0.2, 0.25) is 0 Å². The molecule has 1 aliphatic heterocycles. The van der Waals surface area contributed by atoms with Gasteiger partial charge in [-0.25, -0.2) is 4.79 Å². The fraction of sp³-hybridized carbons (Fsp3) is 0.692. The van der Waals surface area contributed by atoms with Crippen LogP contribution in [0.2, 0.25) is 0 Å². The molecule has 0 aromatic heterocycles. The van der Waals surface area contributed by atoms with Gasteiger partial charge in [0, 0.05) is 12.4 Å². The summed E-state index contributed by atoms with van der Waals surface area (Å²) in [6, 6.07) is -0.270. The number of carbonyl (C=O) groups is 2. The zero-order valence-corrected chi connectivity index (χ0v) is 11.4. The van der Waals surface area contributed by atoms with Crippen LogP contribution < -0.4 is 5.32 Å². The van der Waals surface area contributed by atoms with Crippen molar-refractivity contribution in [3.05, 3.63) is 12.2 Å². The Kier molecular flexibility index (Phi) is 3.95. The molecule has 0 aromatic carbocycles. The maximum Gasteiger partial charge on any atom is 0.325 e. The minimum absolute atomic E-state index is 0.0707. The summed E-state index contributed by atoms with van der Waals surface area (Å²) < 4.78 is 0. The molecule has 3 amide bonds. The first kappa shape index (κ1) is 13.4. The van der Waals surface area contributed by atoms with Crippen LogP contribution in [0.25, 0.3) is 0 Å². The SMILES string of the molecule is CC1CCC2(CC1)NC(=O)N(CC=CCCl)C2=O. The molecular weight excluding hydrogens is 252 g/mol. The Morgan fingerprint density at radius 2 is 2.06 bits per heavy atom. The fourth-order valence-electron chi connectivity index (χ4n) is 2.68. The van der Waals surface area contributed by atoms with Crippen LogP contribution in [0.5, 0.6) is 0 Å². The van der Waals surface area contributed by atoms with Crippen LogP contribution in [0, 0.1) is 5.92 Å². The van der Waals surface area contributed by atoms with E-state index in [1.54, 1.807) is 12.2 Å². The molecular formula is C13H19ClN2O2. The summed E-state index contributed by atoms with van der Waals surface area (Å²) in [5, 5.41) is 2.89. The molecule has 18 heavy (non-hydrogen) atoms. The second kappa shape index (κ2) is 5.31. The molecule has 1 N–H and O–H groups in total. The highest BCUT2D eigenvalue weighted by Gasteiger charge is 2.51. The Morgan fingerprint density at radius 3 is 2.67 bits per heavy atom. The Hall–Kier alpha value is -1.03. The van der Waals surface area contributed by atoms with Gasteiger partial charge < -0.3 is 5.32 Å². The molecule has 2 aliphatic rings. The number of alkyl halides is 1. The van der Waals surface area contributed by atoms with E-state index < -0.39 is 5.54 Å². The lowest BCUT2D eigenvalue weighted by molar-refractivity contribution is -0.132. The second-order valence-electron chi connectivity index (χ2n) is 5.24. The molecule has 1 heterocycles. The summed E-state index contributed by atoms with van der Waals surface area (Å²) in [6.07, 6.45) is 7.02. The van der Waals surface area contributed by atoms with Gasteiger partial charge in [-0.3, -0.25) is 9.69 Å².